The molecule has 2 aromatic rings. The van der Waals surface area contributed by atoms with Crippen molar-refractivity contribution in [2.75, 3.05) is 17.7 Å². The lowest BCUT2D eigenvalue weighted by Crippen LogP contribution is -2.12. The summed E-state index contributed by atoms with van der Waals surface area (Å²) < 4.78 is 5.36. The fourth-order valence-corrected chi connectivity index (χ4v) is 2.24. The summed E-state index contributed by atoms with van der Waals surface area (Å²) >= 11 is 1.42. The smallest absolute Gasteiger partial charge is 0.257 e. The number of ether oxygens (including phenoxy) is 1. The van der Waals surface area contributed by atoms with Crippen molar-refractivity contribution in [3.63, 3.8) is 0 Å². The average Bonchev–Trinajstić information content (AvgIpc) is 2.74. The number of hydrogen-bond donors (Lipinski definition) is 2. The molecule has 1 amide bonds. The Morgan fingerprint density at radius 2 is 2.26 bits per heavy atom. The summed E-state index contributed by atoms with van der Waals surface area (Å²) in [4.78, 5) is 17.2. The number of benzene rings is 1. The second kappa shape index (κ2) is 5.71. The molecular formula is C13H15N3O2S. The standard InChI is InChI=1S/C13H15N3O2S/c1-3-18-11-5-9(4-10(14)6-11)12(17)16-13-15-7-8(2)19-13/h4-7H,3,14H2,1-2H3,(H,15,16,17). The number of nitrogen functional groups attached to an aromatic ring is 1. The fraction of sp³-hybridized carbons (Fsp3) is 0.231. The third kappa shape index (κ3) is 3.45. The zero-order chi connectivity index (χ0) is 13.8. The minimum atomic E-state index is -0.248. The summed E-state index contributed by atoms with van der Waals surface area (Å²) in [5.74, 6) is 0.338. The van der Waals surface area contributed by atoms with Crippen molar-refractivity contribution < 1.29 is 9.53 Å². The number of thiazole rings is 1. The molecule has 0 fully saturated rings. The number of nitrogens with zero attached hydrogens (tertiary/aromatic N) is 1. The molecule has 6 heteroatoms. The molecule has 1 heterocycles. The van der Waals surface area contributed by atoms with Crippen molar-refractivity contribution in [3.8, 4) is 5.75 Å². The topological polar surface area (TPSA) is 77.2 Å². The summed E-state index contributed by atoms with van der Waals surface area (Å²) in [6.07, 6.45) is 1.71. The van der Waals surface area contributed by atoms with E-state index < -0.39 is 0 Å². The third-order valence-corrected chi connectivity index (χ3v) is 3.17. The molecule has 0 spiro atoms. The van der Waals surface area contributed by atoms with Gasteiger partial charge in [0.25, 0.3) is 5.91 Å². The molecule has 0 atom stereocenters. The average molecular weight is 277 g/mol. The van der Waals surface area contributed by atoms with E-state index in [0.717, 1.165) is 4.88 Å². The maximum absolute atomic E-state index is 12.1. The molecule has 19 heavy (non-hydrogen) atoms. The fourth-order valence-electron chi connectivity index (χ4n) is 1.58. The molecule has 1 aromatic heterocycles. The quantitative estimate of drug-likeness (QED) is 0.842. The van der Waals surface area contributed by atoms with Gasteiger partial charge in [0, 0.05) is 28.4 Å². The number of nitrogens with one attached hydrogen (secondary N) is 1. The first kappa shape index (κ1) is 13.4. The number of anilines is 2. The van der Waals surface area contributed by atoms with Crippen LogP contribution in [0.5, 0.6) is 5.75 Å². The minimum absolute atomic E-state index is 0.248. The molecule has 0 bridgehead atoms. The van der Waals surface area contributed by atoms with E-state index >= 15 is 0 Å². The highest BCUT2D eigenvalue weighted by atomic mass is 32.1. The van der Waals surface area contributed by atoms with E-state index in [1.165, 1.54) is 11.3 Å². The van der Waals surface area contributed by atoms with Gasteiger partial charge in [-0.1, -0.05) is 0 Å². The number of carbonyl (C=O) groups excluding carboxylic acids is 1. The molecule has 0 saturated heterocycles. The molecule has 0 aliphatic rings. The Balaban J connectivity index is 2.18. The van der Waals surface area contributed by atoms with Crippen LogP contribution in [0.1, 0.15) is 22.2 Å². The number of aromatic nitrogens is 1. The second-order valence-electron chi connectivity index (χ2n) is 3.95. The molecule has 0 aliphatic heterocycles. The summed E-state index contributed by atoms with van der Waals surface area (Å²) in [7, 11) is 0. The van der Waals surface area contributed by atoms with Gasteiger partial charge in [-0.15, -0.1) is 11.3 Å². The predicted molar refractivity (Wildman–Crippen MR) is 76.8 cm³/mol. The van der Waals surface area contributed by atoms with E-state index in [4.69, 9.17) is 10.5 Å². The molecule has 5 nitrogen and oxygen atoms in total. The Labute approximate surface area is 115 Å². The second-order valence-corrected chi connectivity index (χ2v) is 5.19. The Hall–Kier alpha value is -2.08. The number of hydrogen-bond acceptors (Lipinski definition) is 5. The van der Waals surface area contributed by atoms with Crippen LogP contribution in [-0.2, 0) is 0 Å². The van der Waals surface area contributed by atoms with Gasteiger partial charge in [-0.3, -0.25) is 10.1 Å². The molecule has 2 rings (SSSR count). The van der Waals surface area contributed by atoms with Crippen LogP contribution in [0.3, 0.4) is 0 Å². The van der Waals surface area contributed by atoms with Crippen LogP contribution < -0.4 is 15.8 Å². The molecular weight excluding hydrogens is 262 g/mol. The van der Waals surface area contributed by atoms with Gasteiger partial charge in [0.05, 0.1) is 6.61 Å². The first-order valence-electron chi connectivity index (χ1n) is 5.85. The van der Waals surface area contributed by atoms with E-state index in [9.17, 15) is 4.79 Å². The lowest BCUT2D eigenvalue weighted by Gasteiger charge is -2.07. The van der Waals surface area contributed by atoms with Gasteiger partial charge in [0.15, 0.2) is 5.13 Å². The van der Waals surface area contributed by atoms with Gasteiger partial charge in [-0.25, -0.2) is 4.98 Å². The van der Waals surface area contributed by atoms with Crippen LogP contribution in [0.15, 0.2) is 24.4 Å². The van der Waals surface area contributed by atoms with E-state index in [-0.39, 0.29) is 5.91 Å². The van der Waals surface area contributed by atoms with Crippen LogP contribution in [0, 0.1) is 6.92 Å². The maximum atomic E-state index is 12.1. The SMILES string of the molecule is CCOc1cc(N)cc(C(=O)Nc2ncc(C)s2)c1. The first-order chi connectivity index (χ1) is 9.08. The van der Waals surface area contributed by atoms with Gasteiger partial charge >= 0.3 is 0 Å². The normalized spacial score (nSPS) is 10.2. The maximum Gasteiger partial charge on any atom is 0.257 e. The summed E-state index contributed by atoms with van der Waals surface area (Å²) in [6.45, 7) is 4.33. The van der Waals surface area contributed by atoms with Gasteiger partial charge in [0.1, 0.15) is 5.75 Å². The van der Waals surface area contributed by atoms with Crippen molar-refractivity contribution >= 4 is 28.1 Å². The van der Waals surface area contributed by atoms with E-state index in [1.54, 1.807) is 24.4 Å². The highest BCUT2D eigenvalue weighted by molar-refractivity contribution is 7.15. The molecule has 0 radical (unpaired) electrons. The summed E-state index contributed by atoms with van der Waals surface area (Å²) in [5, 5.41) is 3.31. The van der Waals surface area contributed by atoms with Gasteiger partial charge in [-0.2, -0.15) is 0 Å². The van der Waals surface area contributed by atoms with Crippen molar-refractivity contribution in [2.45, 2.75) is 13.8 Å². The largest absolute Gasteiger partial charge is 0.494 e. The van der Waals surface area contributed by atoms with Crippen molar-refractivity contribution in [1.82, 2.24) is 4.98 Å². The highest BCUT2D eigenvalue weighted by Crippen LogP contribution is 2.21. The van der Waals surface area contributed by atoms with E-state index in [2.05, 4.69) is 10.3 Å². The molecule has 100 valence electrons. The first-order valence-corrected chi connectivity index (χ1v) is 6.67. The number of aryl methyl sites for hydroxylation is 1. The van der Waals surface area contributed by atoms with Crippen molar-refractivity contribution in [2.24, 2.45) is 0 Å². The lowest BCUT2D eigenvalue weighted by atomic mass is 10.2. The third-order valence-electron chi connectivity index (χ3n) is 2.34. The van der Waals surface area contributed by atoms with Crippen LogP contribution in [0.2, 0.25) is 0 Å². The number of rotatable bonds is 4. The van der Waals surface area contributed by atoms with E-state index in [0.29, 0.717) is 28.7 Å². The number of amides is 1. The van der Waals surface area contributed by atoms with Crippen LogP contribution in [0.4, 0.5) is 10.8 Å². The van der Waals surface area contributed by atoms with E-state index in [1.807, 2.05) is 13.8 Å². The van der Waals surface area contributed by atoms with Gasteiger partial charge < -0.3 is 10.5 Å². The highest BCUT2D eigenvalue weighted by Gasteiger charge is 2.10. The summed E-state index contributed by atoms with van der Waals surface area (Å²) in [6, 6.07) is 4.96. The Morgan fingerprint density at radius 3 is 2.89 bits per heavy atom. The van der Waals surface area contributed by atoms with Crippen LogP contribution >= 0.6 is 11.3 Å². The Morgan fingerprint density at radius 1 is 1.47 bits per heavy atom. The monoisotopic (exact) mass is 277 g/mol. The van der Waals surface area contributed by atoms with Gasteiger partial charge in [0.2, 0.25) is 0 Å². The Kier molecular flexibility index (Phi) is 4.01. The molecule has 3 N–H and O–H groups in total. The van der Waals surface area contributed by atoms with Crippen LogP contribution in [-0.4, -0.2) is 17.5 Å². The summed E-state index contributed by atoms with van der Waals surface area (Å²) in [5.41, 5.74) is 6.70. The number of carbonyl (C=O) groups is 1. The zero-order valence-corrected chi connectivity index (χ0v) is 11.6. The predicted octanol–water partition coefficient (Wildman–Crippen LogP) is 2.68. The minimum Gasteiger partial charge on any atom is -0.494 e. The lowest BCUT2D eigenvalue weighted by molar-refractivity contribution is 0.102. The van der Waals surface area contributed by atoms with Crippen LogP contribution in [0.25, 0.3) is 0 Å². The van der Waals surface area contributed by atoms with Gasteiger partial charge in [-0.05, 0) is 26.0 Å². The zero-order valence-electron chi connectivity index (χ0n) is 10.8. The molecule has 0 unspecified atom stereocenters. The molecule has 0 saturated carbocycles. The number of nitrogens with two attached hydrogens (primary N) is 1. The van der Waals surface area contributed by atoms with Crippen molar-refractivity contribution in [3.05, 3.63) is 34.8 Å². The van der Waals surface area contributed by atoms with Crippen molar-refractivity contribution in [1.29, 1.82) is 0 Å². The Bertz CT molecular complexity index is 595. The molecule has 0 aliphatic carbocycles. The molecule has 1 aromatic carbocycles.